The predicted octanol–water partition coefficient (Wildman–Crippen LogP) is 2.29. The molecule has 0 saturated carbocycles. The third-order valence-electron chi connectivity index (χ3n) is 2.89. The molecule has 2 N–H and O–H groups in total. The number of hydrogen-bond acceptors (Lipinski definition) is 4. The highest BCUT2D eigenvalue weighted by molar-refractivity contribution is 5.40. The first-order valence-corrected chi connectivity index (χ1v) is 6.81. The number of ether oxygens (including phenoxy) is 2. The van der Waals surface area contributed by atoms with Crippen molar-refractivity contribution in [2.24, 2.45) is 12.8 Å². The number of benzene rings is 1. The lowest BCUT2D eigenvalue weighted by molar-refractivity contribution is 0.198. The van der Waals surface area contributed by atoms with E-state index in [1.54, 1.807) is 10.9 Å². The Morgan fingerprint density at radius 3 is 2.65 bits per heavy atom. The number of para-hydroxylation sites is 2. The van der Waals surface area contributed by atoms with Gasteiger partial charge in [0.1, 0.15) is 6.10 Å². The molecule has 0 aliphatic heterocycles. The molecule has 5 heteroatoms. The minimum absolute atomic E-state index is 0.227. The molecule has 1 heterocycles. The van der Waals surface area contributed by atoms with Gasteiger partial charge in [-0.2, -0.15) is 5.10 Å². The molecule has 20 heavy (non-hydrogen) atoms. The fraction of sp³-hybridized carbons (Fsp3) is 0.400. The summed E-state index contributed by atoms with van der Waals surface area (Å²) in [5.74, 6) is 1.46. The quantitative estimate of drug-likeness (QED) is 0.842. The number of aromatic nitrogens is 2. The van der Waals surface area contributed by atoms with Crippen LogP contribution in [0.5, 0.6) is 11.5 Å². The first-order valence-electron chi connectivity index (χ1n) is 6.81. The number of nitrogens with zero attached hydrogens (tertiary/aromatic N) is 2. The second kappa shape index (κ2) is 6.96. The Morgan fingerprint density at radius 2 is 2.05 bits per heavy atom. The molecule has 0 aliphatic carbocycles. The maximum absolute atomic E-state index is 5.99. The minimum Gasteiger partial charge on any atom is -0.490 e. The lowest BCUT2D eigenvalue weighted by atomic mass is 10.2. The standard InChI is InChI=1S/C15H21N3O2/c1-3-8-19-13-6-4-5-7-14(13)20-15(9-16)12-10-17-18(2)11-12/h4-7,10-11,15H,3,8-9,16H2,1-2H3. The van der Waals surface area contributed by atoms with E-state index in [4.69, 9.17) is 15.2 Å². The molecule has 0 spiro atoms. The third-order valence-corrected chi connectivity index (χ3v) is 2.89. The summed E-state index contributed by atoms with van der Waals surface area (Å²) in [6.07, 6.45) is 4.41. The van der Waals surface area contributed by atoms with Gasteiger partial charge in [0.15, 0.2) is 11.5 Å². The van der Waals surface area contributed by atoms with Crippen molar-refractivity contribution in [2.45, 2.75) is 19.4 Å². The highest BCUT2D eigenvalue weighted by Crippen LogP contribution is 2.30. The van der Waals surface area contributed by atoms with Crippen molar-refractivity contribution < 1.29 is 9.47 Å². The Balaban J connectivity index is 2.15. The topological polar surface area (TPSA) is 62.3 Å². The largest absolute Gasteiger partial charge is 0.490 e. The van der Waals surface area contributed by atoms with Gasteiger partial charge in [-0.1, -0.05) is 19.1 Å². The van der Waals surface area contributed by atoms with Crippen molar-refractivity contribution in [3.05, 3.63) is 42.2 Å². The zero-order valence-electron chi connectivity index (χ0n) is 12.0. The second-order valence-electron chi connectivity index (χ2n) is 4.58. The van der Waals surface area contributed by atoms with Crippen LogP contribution >= 0.6 is 0 Å². The fourth-order valence-electron chi connectivity index (χ4n) is 1.89. The van der Waals surface area contributed by atoms with E-state index in [-0.39, 0.29) is 6.10 Å². The van der Waals surface area contributed by atoms with Crippen LogP contribution in [0.3, 0.4) is 0 Å². The molecule has 0 bridgehead atoms. The Hall–Kier alpha value is -2.01. The van der Waals surface area contributed by atoms with Crippen LogP contribution in [0.15, 0.2) is 36.7 Å². The summed E-state index contributed by atoms with van der Waals surface area (Å²) in [5.41, 5.74) is 6.77. The van der Waals surface area contributed by atoms with E-state index in [1.165, 1.54) is 0 Å². The summed E-state index contributed by atoms with van der Waals surface area (Å²) in [6, 6.07) is 7.65. The van der Waals surface area contributed by atoms with Crippen LogP contribution in [0.2, 0.25) is 0 Å². The van der Waals surface area contributed by atoms with E-state index >= 15 is 0 Å². The molecule has 0 aliphatic rings. The summed E-state index contributed by atoms with van der Waals surface area (Å²) in [4.78, 5) is 0. The number of rotatable bonds is 7. The molecule has 0 saturated heterocycles. The molecule has 2 rings (SSSR count). The summed E-state index contributed by atoms with van der Waals surface area (Å²) in [7, 11) is 1.87. The van der Waals surface area contributed by atoms with E-state index in [2.05, 4.69) is 12.0 Å². The van der Waals surface area contributed by atoms with Crippen molar-refractivity contribution in [3.8, 4) is 11.5 Å². The zero-order chi connectivity index (χ0) is 14.4. The summed E-state index contributed by atoms with van der Waals surface area (Å²) in [6.45, 7) is 3.12. The van der Waals surface area contributed by atoms with Gasteiger partial charge >= 0.3 is 0 Å². The molecule has 1 aromatic heterocycles. The molecule has 1 unspecified atom stereocenters. The predicted molar refractivity (Wildman–Crippen MR) is 77.9 cm³/mol. The van der Waals surface area contributed by atoms with Crippen molar-refractivity contribution in [3.63, 3.8) is 0 Å². The number of nitrogens with two attached hydrogens (primary N) is 1. The molecule has 0 radical (unpaired) electrons. The van der Waals surface area contributed by atoms with Crippen molar-refractivity contribution in [1.82, 2.24) is 9.78 Å². The molecular formula is C15H21N3O2. The molecule has 0 amide bonds. The Kier molecular flexibility index (Phi) is 5.01. The van der Waals surface area contributed by atoms with Crippen LogP contribution in [0.1, 0.15) is 25.0 Å². The van der Waals surface area contributed by atoms with Gasteiger partial charge < -0.3 is 15.2 Å². The zero-order valence-corrected chi connectivity index (χ0v) is 12.0. The van der Waals surface area contributed by atoms with Gasteiger partial charge in [0.2, 0.25) is 0 Å². The second-order valence-corrected chi connectivity index (χ2v) is 4.58. The van der Waals surface area contributed by atoms with Gasteiger partial charge in [-0.05, 0) is 18.6 Å². The first-order chi connectivity index (χ1) is 9.74. The lowest BCUT2D eigenvalue weighted by Gasteiger charge is -2.18. The summed E-state index contributed by atoms with van der Waals surface area (Å²) >= 11 is 0. The van der Waals surface area contributed by atoms with Gasteiger partial charge in [0.05, 0.1) is 12.8 Å². The van der Waals surface area contributed by atoms with Crippen LogP contribution in [-0.4, -0.2) is 22.9 Å². The number of hydrogen-bond donors (Lipinski definition) is 1. The van der Waals surface area contributed by atoms with Crippen molar-refractivity contribution >= 4 is 0 Å². The lowest BCUT2D eigenvalue weighted by Crippen LogP contribution is -2.18. The van der Waals surface area contributed by atoms with E-state index < -0.39 is 0 Å². The number of aryl methyl sites for hydroxylation is 1. The molecule has 0 fully saturated rings. The average molecular weight is 275 g/mol. The van der Waals surface area contributed by atoms with Crippen LogP contribution in [0, 0.1) is 0 Å². The van der Waals surface area contributed by atoms with Crippen molar-refractivity contribution in [2.75, 3.05) is 13.2 Å². The summed E-state index contributed by atoms with van der Waals surface area (Å²) < 4.78 is 13.4. The third kappa shape index (κ3) is 3.51. The molecule has 5 nitrogen and oxygen atoms in total. The van der Waals surface area contributed by atoms with Gasteiger partial charge in [0, 0.05) is 25.4 Å². The van der Waals surface area contributed by atoms with Crippen LogP contribution in [-0.2, 0) is 7.05 Å². The van der Waals surface area contributed by atoms with Gasteiger partial charge in [0.25, 0.3) is 0 Å². The van der Waals surface area contributed by atoms with Crippen molar-refractivity contribution in [1.29, 1.82) is 0 Å². The Morgan fingerprint density at radius 1 is 1.30 bits per heavy atom. The molecular weight excluding hydrogens is 254 g/mol. The van der Waals surface area contributed by atoms with Crippen LogP contribution in [0.25, 0.3) is 0 Å². The minimum atomic E-state index is -0.227. The average Bonchev–Trinajstić information content (AvgIpc) is 2.90. The summed E-state index contributed by atoms with van der Waals surface area (Å²) in [5, 5.41) is 4.15. The maximum Gasteiger partial charge on any atom is 0.162 e. The Bertz CT molecular complexity index is 539. The fourth-order valence-corrected chi connectivity index (χ4v) is 1.89. The Labute approximate surface area is 119 Å². The van der Waals surface area contributed by atoms with E-state index in [0.717, 1.165) is 17.7 Å². The molecule has 2 aromatic rings. The van der Waals surface area contributed by atoms with E-state index in [1.807, 2.05) is 37.5 Å². The normalized spacial score (nSPS) is 12.2. The van der Waals surface area contributed by atoms with Gasteiger partial charge in [-0.3, -0.25) is 4.68 Å². The smallest absolute Gasteiger partial charge is 0.162 e. The molecule has 108 valence electrons. The van der Waals surface area contributed by atoms with Gasteiger partial charge in [-0.15, -0.1) is 0 Å². The maximum atomic E-state index is 5.99. The highest BCUT2D eigenvalue weighted by atomic mass is 16.5. The molecule has 1 aromatic carbocycles. The monoisotopic (exact) mass is 275 g/mol. The first kappa shape index (κ1) is 14.4. The van der Waals surface area contributed by atoms with Crippen LogP contribution in [0.4, 0.5) is 0 Å². The van der Waals surface area contributed by atoms with E-state index in [9.17, 15) is 0 Å². The highest BCUT2D eigenvalue weighted by Gasteiger charge is 2.15. The van der Waals surface area contributed by atoms with E-state index in [0.29, 0.717) is 18.9 Å². The SMILES string of the molecule is CCCOc1ccccc1OC(CN)c1cnn(C)c1. The van der Waals surface area contributed by atoms with Gasteiger partial charge in [-0.25, -0.2) is 0 Å². The van der Waals surface area contributed by atoms with Crippen LogP contribution < -0.4 is 15.2 Å². The molecule has 1 atom stereocenters.